The van der Waals surface area contributed by atoms with Crippen molar-refractivity contribution >= 4 is 0 Å². The van der Waals surface area contributed by atoms with Gasteiger partial charge in [0.15, 0.2) is 6.29 Å². The first-order valence-electron chi connectivity index (χ1n) is 8.55. The lowest BCUT2D eigenvalue weighted by atomic mass is 9.83. The van der Waals surface area contributed by atoms with Gasteiger partial charge in [-0.1, -0.05) is 37.8 Å². The van der Waals surface area contributed by atoms with Crippen LogP contribution in [-0.4, -0.2) is 13.2 Å². The number of rotatable bonds is 1. The van der Waals surface area contributed by atoms with Crippen molar-refractivity contribution in [3.8, 4) is 11.8 Å². The molecule has 2 aliphatic rings. The Hall–Kier alpha value is -1.30. The molecule has 3 rings (SSSR count). The van der Waals surface area contributed by atoms with E-state index in [0.29, 0.717) is 11.8 Å². The van der Waals surface area contributed by atoms with Crippen LogP contribution in [0, 0.1) is 29.6 Å². The molecular weight excluding hydrogens is 272 g/mol. The Morgan fingerprint density at radius 1 is 0.864 bits per heavy atom. The molecule has 22 heavy (non-hydrogen) atoms. The van der Waals surface area contributed by atoms with Crippen LogP contribution in [0.2, 0.25) is 0 Å². The third-order valence-electron chi connectivity index (χ3n) is 4.68. The molecule has 118 valence electrons. The zero-order valence-corrected chi connectivity index (χ0v) is 13.7. The highest BCUT2D eigenvalue weighted by Crippen LogP contribution is 2.28. The lowest BCUT2D eigenvalue weighted by molar-refractivity contribution is -0.202. The summed E-state index contributed by atoms with van der Waals surface area (Å²) in [7, 11) is 0. The summed E-state index contributed by atoms with van der Waals surface area (Å²) in [5.74, 6) is 8.74. The van der Waals surface area contributed by atoms with E-state index in [1.165, 1.54) is 25.7 Å². The molecule has 1 heterocycles. The van der Waals surface area contributed by atoms with Gasteiger partial charge in [-0.05, 0) is 43.7 Å². The maximum absolute atomic E-state index is 5.72. The van der Waals surface area contributed by atoms with Gasteiger partial charge in [0.1, 0.15) is 0 Å². The van der Waals surface area contributed by atoms with E-state index in [1.807, 2.05) is 0 Å². The topological polar surface area (TPSA) is 18.5 Å². The maximum atomic E-state index is 5.72. The molecule has 1 aromatic carbocycles. The number of hydrogen-bond acceptors (Lipinski definition) is 2. The van der Waals surface area contributed by atoms with E-state index in [2.05, 4.69) is 50.0 Å². The predicted octanol–water partition coefficient (Wildman–Crippen LogP) is 4.55. The summed E-state index contributed by atoms with van der Waals surface area (Å²) in [6.45, 7) is 6.03. The standard InChI is InChI=1S/C20H26O2/c1-15-3-5-17(6-4-15)7-8-18-9-11-19(12-10-18)20-21-13-16(2)14-22-20/h9-12,15-17,20H,3-6,13-14H2,1-2H3. The molecule has 0 aromatic heterocycles. The van der Waals surface area contributed by atoms with Crippen molar-refractivity contribution < 1.29 is 9.47 Å². The third kappa shape index (κ3) is 4.12. The Morgan fingerprint density at radius 3 is 2.14 bits per heavy atom. The number of ether oxygens (including phenoxy) is 2. The second-order valence-electron chi connectivity index (χ2n) is 6.95. The van der Waals surface area contributed by atoms with Gasteiger partial charge in [0.25, 0.3) is 0 Å². The molecule has 0 bridgehead atoms. The summed E-state index contributed by atoms with van der Waals surface area (Å²) in [4.78, 5) is 0. The van der Waals surface area contributed by atoms with Crippen molar-refractivity contribution in [2.45, 2.75) is 45.8 Å². The normalized spacial score (nSPS) is 32.1. The summed E-state index contributed by atoms with van der Waals surface area (Å²) in [5, 5.41) is 0. The minimum absolute atomic E-state index is 0.210. The molecule has 0 amide bonds. The Labute approximate surface area is 134 Å². The molecule has 0 spiro atoms. The van der Waals surface area contributed by atoms with E-state index in [1.54, 1.807) is 0 Å². The second-order valence-corrected chi connectivity index (χ2v) is 6.95. The molecule has 2 nitrogen and oxygen atoms in total. The average molecular weight is 298 g/mol. The number of benzene rings is 1. The molecule has 1 saturated heterocycles. The van der Waals surface area contributed by atoms with Gasteiger partial charge in [0.2, 0.25) is 0 Å². The zero-order chi connectivity index (χ0) is 15.4. The highest BCUT2D eigenvalue weighted by Gasteiger charge is 2.20. The fraction of sp³-hybridized carbons (Fsp3) is 0.600. The van der Waals surface area contributed by atoms with Crippen LogP contribution in [0.4, 0.5) is 0 Å². The highest BCUT2D eigenvalue weighted by molar-refractivity contribution is 5.37. The molecular formula is C20H26O2. The summed E-state index contributed by atoms with van der Waals surface area (Å²) >= 11 is 0. The molecule has 1 aliphatic heterocycles. The van der Waals surface area contributed by atoms with Gasteiger partial charge in [-0.25, -0.2) is 0 Å². The lowest BCUT2D eigenvalue weighted by Crippen LogP contribution is -2.24. The number of hydrogen-bond donors (Lipinski definition) is 0. The van der Waals surface area contributed by atoms with Gasteiger partial charge >= 0.3 is 0 Å². The van der Waals surface area contributed by atoms with Crippen molar-refractivity contribution in [3.05, 3.63) is 35.4 Å². The van der Waals surface area contributed by atoms with Gasteiger partial charge in [-0.3, -0.25) is 0 Å². The van der Waals surface area contributed by atoms with Gasteiger partial charge in [0.05, 0.1) is 13.2 Å². The van der Waals surface area contributed by atoms with Crippen molar-refractivity contribution in [2.24, 2.45) is 17.8 Å². The summed E-state index contributed by atoms with van der Waals surface area (Å²) in [6.07, 6.45) is 4.96. The largest absolute Gasteiger partial charge is 0.348 e. The van der Waals surface area contributed by atoms with Crippen LogP contribution in [0.25, 0.3) is 0 Å². The van der Waals surface area contributed by atoms with E-state index in [0.717, 1.165) is 30.3 Å². The second kappa shape index (κ2) is 7.31. The quantitative estimate of drug-likeness (QED) is 0.708. The van der Waals surface area contributed by atoms with Gasteiger partial charge in [-0.15, -0.1) is 0 Å². The van der Waals surface area contributed by atoms with E-state index >= 15 is 0 Å². The van der Waals surface area contributed by atoms with Gasteiger partial charge in [0, 0.05) is 23.0 Å². The highest BCUT2D eigenvalue weighted by atomic mass is 16.7. The Balaban J connectivity index is 1.58. The monoisotopic (exact) mass is 298 g/mol. The van der Waals surface area contributed by atoms with Crippen LogP contribution in [0.3, 0.4) is 0 Å². The van der Waals surface area contributed by atoms with E-state index < -0.39 is 0 Å². The third-order valence-corrected chi connectivity index (χ3v) is 4.68. The fourth-order valence-electron chi connectivity index (χ4n) is 3.11. The Morgan fingerprint density at radius 2 is 1.50 bits per heavy atom. The van der Waals surface area contributed by atoms with Crippen molar-refractivity contribution in [1.29, 1.82) is 0 Å². The summed E-state index contributed by atoms with van der Waals surface area (Å²) in [5.41, 5.74) is 2.18. The molecule has 0 N–H and O–H groups in total. The van der Waals surface area contributed by atoms with E-state index in [-0.39, 0.29) is 6.29 Å². The van der Waals surface area contributed by atoms with Gasteiger partial charge in [-0.2, -0.15) is 0 Å². The molecule has 1 saturated carbocycles. The molecule has 2 fully saturated rings. The van der Waals surface area contributed by atoms with Gasteiger partial charge < -0.3 is 9.47 Å². The van der Waals surface area contributed by atoms with Crippen molar-refractivity contribution in [1.82, 2.24) is 0 Å². The van der Waals surface area contributed by atoms with E-state index in [4.69, 9.17) is 9.47 Å². The maximum Gasteiger partial charge on any atom is 0.183 e. The lowest BCUT2D eigenvalue weighted by Gasteiger charge is -2.27. The van der Waals surface area contributed by atoms with Crippen LogP contribution in [0.5, 0.6) is 0 Å². The summed E-state index contributed by atoms with van der Waals surface area (Å²) < 4.78 is 11.4. The van der Waals surface area contributed by atoms with Crippen molar-refractivity contribution in [2.75, 3.05) is 13.2 Å². The van der Waals surface area contributed by atoms with Crippen LogP contribution in [-0.2, 0) is 9.47 Å². The molecule has 0 atom stereocenters. The molecule has 0 unspecified atom stereocenters. The molecule has 1 aliphatic carbocycles. The first-order valence-corrected chi connectivity index (χ1v) is 8.55. The predicted molar refractivity (Wildman–Crippen MR) is 88.3 cm³/mol. The molecule has 1 aromatic rings. The van der Waals surface area contributed by atoms with Crippen molar-refractivity contribution in [3.63, 3.8) is 0 Å². The van der Waals surface area contributed by atoms with Crippen LogP contribution >= 0.6 is 0 Å². The Bertz CT molecular complexity index is 521. The molecule has 2 heteroatoms. The minimum Gasteiger partial charge on any atom is -0.348 e. The average Bonchev–Trinajstić information content (AvgIpc) is 2.56. The van der Waals surface area contributed by atoms with Crippen LogP contribution in [0.1, 0.15) is 56.9 Å². The van der Waals surface area contributed by atoms with E-state index in [9.17, 15) is 0 Å². The van der Waals surface area contributed by atoms with Crippen LogP contribution < -0.4 is 0 Å². The minimum atomic E-state index is -0.210. The fourth-order valence-corrected chi connectivity index (χ4v) is 3.11. The first-order chi connectivity index (χ1) is 10.7. The zero-order valence-electron chi connectivity index (χ0n) is 13.7. The molecule has 0 radical (unpaired) electrons. The summed E-state index contributed by atoms with van der Waals surface area (Å²) in [6, 6.07) is 8.32. The smallest absolute Gasteiger partial charge is 0.183 e. The van der Waals surface area contributed by atoms with Crippen LogP contribution in [0.15, 0.2) is 24.3 Å². The Kier molecular flexibility index (Phi) is 5.18. The first kappa shape index (κ1) is 15.6. The SMILES string of the molecule is CC1CCC(C#Cc2ccc(C3OCC(C)CO3)cc2)CC1.